The van der Waals surface area contributed by atoms with Crippen molar-refractivity contribution in [2.24, 2.45) is 0 Å². The van der Waals surface area contributed by atoms with Gasteiger partial charge in [0.2, 0.25) is 0 Å². The van der Waals surface area contributed by atoms with Crippen molar-refractivity contribution >= 4 is 49.8 Å². The highest BCUT2D eigenvalue weighted by atomic mass is 16.3. The van der Waals surface area contributed by atoms with Gasteiger partial charge in [0.25, 0.3) is 0 Å². The molecule has 8 aromatic carbocycles. The Hall–Kier alpha value is -6.38. The van der Waals surface area contributed by atoms with Crippen molar-refractivity contribution < 1.29 is 4.42 Å². The number of nitrogens with zero attached hydrogens (tertiary/aromatic N) is 1. The molecule has 9 aromatic rings. The van der Waals surface area contributed by atoms with E-state index in [9.17, 15) is 0 Å². The van der Waals surface area contributed by atoms with Crippen LogP contribution in [0, 0.1) is 0 Å². The van der Waals surface area contributed by atoms with Gasteiger partial charge in [-0.1, -0.05) is 140 Å². The van der Waals surface area contributed by atoms with Gasteiger partial charge in [-0.25, -0.2) is 0 Å². The molecule has 226 valence electrons. The Kier molecular flexibility index (Phi) is 6.84. The van der Waals surface area contributed by atoms with Crippen LogP contribution in [0.2, 0.25) is 0 Å². The van der Waals surface area contributed by atoms with Crippen molar-refractivity contribution in [3.63, 3.8) is 0 Å². The third kappa shape index (κ3) is 4.92. The molecule has 0 radical (unpaired) electrons. The minimum absolute atomic E-state index is 0.905. The van der Waals surface area contributed by atoms with Gasteiger partial charge in [0, 0.05) is 27.8 Å². The van der Waals surface area contributed by atoms with E-state index in [-0.39, 0.29) is 0 Å². The van der Waals surface area contributed by atoms with Gasteiger partial charge in [-0.3, -0.25) is 0 Å². The van der Waals surface area contributed by atoms with Crippen LogP contribution in [0.5, 0.6) is 0 Å². The summed E-state index contributed by atoms with van der Waals surface area (Å²) >= 11 is 0. The molecule has 0 amide bonds. The van der Waals surface area contributed by atoms with Crippen LogP contribution in [0.25, 0.3) is 66.1 Å². The first-order valence-electron chi connectivity index (χ1n) is 16.3. The Labute approximate surface area is 279 Å². The van der Waals surface area contributed by atoms with Gasteiger partial charge < -0.3 is 9.32 Å². The number of anilines is 3. The summed E-state index contributed by atoms with van der Waals surface area (Å²) in [5, 5.41) is 4.66. The van der Waals surface area contributed by atoms with Gasteiger partial charge in [-0.2, -0.15) is 0 Å². The zero-order chi connectivity index (χ0) is 31.9. The molecule has 0 saturated carbocycles. The summed E-state index contributed by atoms with van der Waals surface area (Å²) in [5.74, 6) is 0. The number of rotatable bonds is 6. The molecule has 0 aliphatic rings. The maximum absolute atomic E-state index is 6.41. The van der Waals surface area contributed by atoms with E-state index in [0.29, 0.717) is 0 Å². The topological polar surface area (TPSA) is 16.4 Å². The molecule has 0 aliphatic carbocycles. The lowest BCUT2D eigenvalue weighted by Crippen LogP contribution is -2.09. The number of hydrogen-bond donors (Lipinski definition) is 0. The van der Waals surface area contributed by atoms with Gasteiger partial charge in [0.15, 0.2) is 0 Å². The Balaban J connectivity index is 1.18. The highest BCUT2D eigenvalue weighted by Crippen LogP contribution is 2.43. The maximum atomic E-state index is 6.41. The minimum Gasteiger partial charge on any atom is -0.456 e. The maximum Gasteiger partial charge on any atom is 0.136 e. The molecule has 0 N–H and O–H groups in total. The van der Waals surface area contributed by atoms with Gasteiger partial charge in [-0.15, -0.1) is 0 Å². The van der Waals surface area contributed by atoms with Crippen molar-refractivity contribution in [2.45, 2.75) is 0 Å². The molecule has 0 aliphatic heterocycles. The van der Waals surface area contributed by atoms with Gasteiger partial charge in [0.1, 0.15) is 11.2 Å². The smallest absolute Gasteiger partial charge is 0.136 e. The Morgan fingerprint density at radius 1 is 0.312 bits per heavy atom. The standard InChI is InChI=1S/C46H31NO/c1-4-12-32(13-5-1)33-20-22-34(23-21-33)35-24-26-38(27-25-35)47(37-16-8-3-9-17-37)39-28-29-40-43(30-39)42(36-14-6-2-7-15-36)31-45-46(40)41-18-10-11-19-44(41)48-45/h1-31H. The second-order valence-corrected chi connectivity index (χ2v) is 12.2. The zero-order valence-electron chi connectivity index (χ0n) is 26.3. The Bertz CT molecular complexity index is 2520. The van der Waals surface area contributed by atoms with E-state index in [2.05, 4.69) is 187 Å². The van der Waals surface area contributed by atoms with E-state index in [0.717, 1.165) is 50.1 Å². The third-order valence-corrected chi connectivity index (χ3v) is 9.27. The molecule has 2 nitrogen and oxygen atoms in total. The van der Waals surface area contributed by atoms with E-state index < -0.39 is 0 Å². The van der Waals surface area contributed by atoms with Crippen LogP contribution in [0.3, 0.4) is 0 Å². The summed E-state index contributed by atoms with van der Waals surface area (Å²) < 4.78 is 6.41. The lowest BCUT2D eigenvalue weighted by atomic mass is 9.94. The van der Waals surface area contributed by atoms with Crippen LogP contribution in [0.4, 0.5) is 17.1 Å². The summed E-state index contributed by atoms with van der Waals surface area (Å²) in [5.41, 5.74) is 12.3. The fourth-order valence-electron chi connectivity index (χ4n) is 6.93. The van der Waals surface area contributed by atoms with Crippen LogP contribution in [0.15, 0.2) is 192 Å². The summed E-state index contributed by atoms with van der Waals surface area (Å²) in [6.45, 7) is 0. The molecule has 48 heavy (non-hydrogen) atoms. The first kappa shape index (κ1) is 27.9. The SMILES string of the molecule is c1ccc(-c2ccc(-c3ccc(N(c4ccccc4)c4ccc5c(c4)c(-c4ccccc4)cc4oc6ccccc6c45)cc3)cc2)cc1. The Morgan fingerprint density at radius 2 is 0.812 bits per heavy atom. The molecule has 0 spiro atoms. The van der Waals surface area contributed by atoms with Crippen molar-refractivity contribution in [2.75, 3.05) is 4.90 Å². The lowest BCUT2D eigenvalue weighted by Gasteiger charge is -2.26. The second-order valence-electron chi connectivity index (χ2n) is 12.2. The average Bonchev–Trinajstić information content (AvgIpc) is 3.55. The number of fused-ring (bicyclic) bond motifs is 5. The zero-order valence-corrected chi connectivity index (χ0v) is 26.3. The molecule has 0 bridgehead atoms. The van der Waals surface area contributed by atoms with Gasteiger partial charge in [-0.05, 0) is 92.7 Å². The molecule has 2 heteroatoms. The number of furan rings is 1. The van der Waals surface area contributed by atoms with Crippen LogP contribution < -0.4 is 4.90 Å². The molecule has 0 saturated heterocycles. The first-order valence-corrected chi connectivity index (χ1v) is 16.3. The molecule has 0 atom stereocenters. The molecule has 1 aromatic heterocycles. The summed E-state index contributed by atoms with van der Waals surface area (Å²) in [4.78, 5) is 2.34. The Morgan fingerprint density at radius 3 is 1.48 bits per heavy atom. The van der Waals surface area contributed by atoms with Crippen molar-refractivity contribution in [3.8, 4) is 33.4 Å². The number of benzene rings is 8. The van der Waals surface area contributed by atoms with Crippen LogP contribution in [-0.2, 0) is 0 Å². The summed E-state index contributed by atoms with van der Waals surface area (Å²) in [6.07, 6.45) is 0. The minimum atomic E-state index is 0.905. The van der Waals surface area contributed by atoms with Crippen molar-refractivity contribution in [3.05, 3.63) is 188 Å². The van der Waals surface area contributed by atoms with Crippen LogP contribution >= 0.6 is 0 Å². The van der Waals surface area contributed by atoms with E-state index in [1.807, 2.05) is 6.07 Å². The van der Waals surface area contributed by atoms with Crippen LogP contribution in [-0.4, -0.2) is 0 Å². The molecule has 1 heterocycles. The predicted molar refractivity (Wildman–Crippen MR) is 202 cm³/mol. The largest absolute Gasteiger partial charge is 0.456 e. The van der Waals surface area contributed by atoms with E-state index in [1.54, 1.807) is 0 Å². The predicted octanol–water partition coefficient (Wildman–Crippen LogP) is 13.2. The number of para-hydroxylation sites is 2. The first-order chi connectivity index (χ1) is 23.8. The molecule has 0 unspecified atom stereocenters. The molecule has 0 fully saturated rings. The highest BCUT2D eigenvalue weighted by Gasteiger charge is 2.18. The van der Waals surface area contributed by atoms with Gasteiger partial charge in [0.05, 0.1) is 0 Å². The summed E-state index contributed by atoms with van der Waals surface area (Å²) in [6, 6.07) is 66.8. The van der Waals surface area contributed by atoms with E-state index in [4.69, 9.17) is 4.42 Å². The molecular weight excluding hydrogens is 583 g/mol. The van der Waals surface area contributed by atoms with Gasteiger partial charge >= 0.3 is 0 Å². The molecular formula is C46H31NO. The third-order valence-electron chi connectivity index (χ3n) is 9.27. The van der Waals surface area contributed by atoms with Crippen molar-refractivity contribution in [1.29, 1.82) is 0 Å². The lowest BCUT2D eigenvalue weighted by molar-refractivity contribution is 0.669. The fourth-order valence-corrected chi connectivity index (χ4v) is 6.93. The van der Waals surface area contributed by atoms with Crippen molar-refractivity contribution in [1.82, 2.24) is 0 Å². The quantitative estimate of drug-likeness (QED) is 0.185. The monoisotopic (exact) mass is 613 g/mol. The molecule has 9 rings (SSSR count). The van der Waals surface area contributed by atoms with E-state index >= 15 is 0 Å². The average molecular weight is 614 g/mol. The second kappa shape index (κ2) is 11.8. The van der Waals surface area contributed by atoms with E-state index in [1.165, 1.54) is 33.0 Å². The normalized spacial score (nSPS) is 11.3. The fraction of sp³-hybridized carbons (Fsp3) is 0. The number of hydrogen-bond acceptors (Lipinski definition) is 2. The highest BCUT2D eigenvalue weighted by molar-refractivity contribution is 6.22. The summed E-state index contributed by atoms with van der Waals surface area (Å²) in [7, 11) is 0. The van der Waals surface area contributed by atoms with Crippen LogP contribution in [0.1, 0.15) is 0 Å².